The zero-order chi connectivity index (χ0) is 16.1. The molecule has 0 aromatic heterocycles. The number of amides is 1. The van der Waals surface area contributed by atoms with E-state index in [4.69, 9.17) is 14.2 Å². The minimum absolute atomic E-state index is 0.182. The van der Waals surface area contributed by atoms with Crippen molar-refractivity contribution in [3.8, 4) is 0 Å². The van der Waals surface area contributed by atoms with Crippen molar-refractivity contribution in [3.05, 3.63) is 0 Å². The van der Waals surface area contributed by atoms with Gasteiger partial charge >= 0.3 is 12.1 Å². The summed E-state index contributed by atoms with van der Waals surface area (Å²) < 4.78 is 15.3. The zero-order valence-corrected chi connectivity index (χ0v) is 13.7. The van der Waals surface area contributed by atoms with Crippen LogP contribution in [0.15, 0.2) is 0 Å². The molecule has 0 aliphatic carbocycles. The smallest absolute Gasteiger partial charge is 0.407 e. The van der Waals surface area contributed by atoms with Gasteiger partial charge in [-0.05, 0) is 27.2 Å². The Morgan fingerprint density at radius 3 is 2.38 bits per heavy atom. The molecule has 124 valence electrons. The van der Waals surface area contributed by atoms with E-state index in [0.717, 1.165) is 19.3 Å². The fourth-order valence-corrected chi connectivity index (χ4v) is 1.45. The Balaban J connectivity index is 3.36. The van der Waals surface area contributed by atoms with Crippen LogP contribution in [-0.4, -0.2) is 44.0 Å². The summed E-state index contributed by atoms with van der Waals surface area (Å²) in [5.74, 6) is -0.182. The second-order valence-electron chi connectivity index (χ2n) is 5.72. The highest BCUT2D eigenvalue weighted by molar-refractivity contribution is 5.69. The van der Waals surface area contributed by atoms with Gasteiger partial charge in [0.15, 0.2) is 0 Å². The summed E-state index contributed by atoms with van der Waals surface area (Å²) >= 11 is 0. The number of carbonyl (C=O) groups is 2. The average Bonchev–Trinajstić information content (AvgIpc) is 2.35. The van der Waals surface area contributed by atoms with Crippen LogP contribution in [0.2, 0.25) is 0 Å². The summed E-state index contributed by atoms with van der Waals surface area (Å²) in [6, 6.07) is 0. The number of nitrogens with one attached hydrogen (secondary N) is 1. The van der Waals surface area contributed by atoms with E-state index in [1.165, 1.54) is 0 Å². The van der Waals surface area contributed by atoms with E-state index in [2.05, 4.69) is 12.2 Å². The first-order chi connectivity index (χ1) is 9.85. The minimum atomic E-state index is -0.503. The van der Waals surface area contributed by atoms with Crippen molar-refractivity contribution >= 4 is 12.1 Å². The molecule has 0 fully saturated rings. The summed E-state index contributed by atoms with van der Waals surface area (Å²) in [4.78, 5) is 22.6. The van der Waals surface area contributed by atoms with Gasteiger partial charge in [-0.1, -0.05) is 19.8 Å². The topological polar surface area (TPSA) is 73.9 Å². The van der Waals surface area contributed by atoms with Gasteiger partial charge < -0.3 is 19.5 Å². The van der Waals surface area contributed by atoms with Gasteiger partial charge in [-0.2, -0.15) is 0 Å². The van der Waals surface area contributed by atoms with Crippen molar-refractivity contribution in [2.24, 2.45) is 0 Å². The lowest BCUT2D eigenvalue weighted by Gasteiger charge is -2.19. The SMILES string of the molecule is CCCCCC(=O)OCCOCCNC(=O)OC(C)(C)C. The van der Waals surface area contributed by atoms with Gasteiger partial charge in [0, 0.05) is 13.0 Å². The third-order valence-electron chi connectivity index (χ3n) is 2.39. The molecule has 0 radical (unpaired) electrons. The van der Waals surface area contributed by atoms with Crippen LogP contribution in [0.4, 0.5) is 4.79 Å². The number of ether oxygens (including phenoxy) is 3. The van der Waals surface area contributed by atoms with Crippen LogP contribution in [0, 0.1) is 0 Å². The number of carbonyl (C=O) groups excluding carboxylic acids is 2. The van der Waals surface area contributed by atoms with Crippen molar-refractivity contribution in [2.45, 2.75) is 59.0 Å². The quantitative estimate of drug-likeness (QED) is 0.496. The molecule has 6 nitrogen and oxygen atoms in total. The molecule has 0 rings (SSSR count). The van der Waals surface area contributed by atoms with E-state index in [9.17, 15) is 9.59 Å². The van der Waals surface area contributed by atoms with Gasteiger partial charge in [0.25, 0.3) is 0 Å². The van der Waals surface area contributed by atoms with Gasteiger partial charge in [0.2, 0.25) is 0 Å². The van der Waals surface area contributed by atoms with Crippen molar-refractivity contribution in [2.75, 3.05) is 26.4 Å². The Morgan fingerprint density at radius 2 is 1.76 bits per heavy atom. The standard InChI is InChI=1S/C15H29NO5/c1-5-6-7-8-13(17)20-12-11-19-10-9-16-14(18)21-15(2,3)4/h5-12H2,1-4H3,(H,16,18). The Bertz CT molecular complexity index is 299. The maximum absolute atomic E-state index is 11.3. The molecule has 1 amide bonds. The predicted octanol–water partition coefficient (Wildman–Crippen LogP) is 2.65. The van der Waals surface area contributed by atoms with Crippen LogP contribution in [0.3, 0.4) is 0 Å². The average molecular weight is 303 g/mol. The van der Waals surface area contributed by atoms with E-state index in [1.54, 1.807) is 20.8 Å². The van der Waals surface area contributed by atoms with Gasteiger partial charge in [0.1, 0.15) is 12.2 Å². The lowest BCUT2D eigenvalue weighted by Crippen LogP contribution is -2.34. The fourth-order valence-electron chi connectivity index (χ4n) is 1.45. The molecule has 0 saturated heterocycles. The molecule has 0 aliphatic rings. The summed E-state index contributed by atoms with van der Waals surface area (Å²) in [7, 11) is 0. The lowest BCUT2D eigenvalue weighted by molar-refractivity contribution is -0.145. The molecule has 6 heteroatoms. The summed E-state index contributed by atoms with van der Waals surface area (Å²) in [6.07, 6.45) is 3.00. The number of alkyl carbamates (subject to hydrolysis) is 1. The summed E-state index contributed by atoms with van der Waals surface area (Å²) in [5, 5.41) is 2.58. The van der Waals surface area contributed by atoms with Crippen molar-refractivity contribution < 1.29 is 23.8 Å². The Morgan fingerprint density at radius 1 is 1.05 bits per heavy atom. The van der Waals surface area contributed by atoms with E-state index in [1.807, 2.05) is 0 Å². The number of rotatable bonds is 10. The second-order valence-corrected chi connectivity index (χ2v) is 5.72. The van der Waals surface area contributed by atoms with E-state index < -0.39 is 11.7 Å². The van der Waals surface area contributed by atoms with Crippen LogP contribution in [0.25, 0.3) is 0 Å². The maximum atomic E-state index is 11.3. The number of hydrogen-bond donors (Lipinski definition) is 1. The highest BCUT2D eigenvalue weighted by atomic mass is 16.6. The minimum Gasteiger partial charge on any atom is -0.463 e. The largest absolute Gasteiger partial charge is 0.463 e. The van der Waals surface area contributed by atoms with Crippen molar-refractivity contribution in [3.63, 3.8) is 0 Å². The highest BCUT2D eigenvalue weighted by Crippen LogP contribution is 2.06. The first-order valence-electron chi connectivity index (χ1n) is 7.55. The molecule has 0 heterocycles. The molecule has 0 aromatic rings. The van der Waals surface area contributed by atoms with E-state index >= 15 is 0 Å². The van der Waals surface area contributed by atoms with Crippen LogP contribution >= 0.6 is 0 Å². The summed E-state index contributed by atoms with van der Waals surface area (Å²) in [6.45, 7) is 8.79. The van der Waals surface area contributed by atoms with Gasteiger partial charge in [-0.15, -0.1) is 0 Å². The normalized spacial score (nSPS) is 11.0. The summed E-state index contributed by atoms with van der Waals surface area (Å²) in [5.41, 5.74) is -0.503. The van der Waals surface area contributed by atoms with E-state index in [0.29, 0.717) is 26.2 Å². The third kappa shape index (κ3) is 14.9. The third-order valence-corrected chi connectivity index (χ3v) is 2.39. The Kier molecular flexibility index (Phi) is 10.7. The predicted molar refractivity (Wildman–Crippen MR) is 80.2 cm³/mol. The number of esters is 1. The second kappa shape index (κ2) is 11.4. The van der Waals surface area contributed by atoms with Crippen molar-refractivity contribution in [1.82, 2.24) is 5.32 Å². The molecule has 0 unspecified atom stereocenters. The highest BCUT2D eigenvalue weighted by Gasteiger charge is 2.15. The number of hydrogen-bond acceptors (Lipinski definition) is 5. The van der Waals surface area contributed by atoms with Crippen molar-refractivity contribution in [1.29, 1.82) is 0 Å². The molecule has 0 atom stereocenters. The molecule has 0 saturated carbocycles. The van der Waals surface area contributed by atoms with Crippen LogP contribution in [0.5, 0.6) is 0 Å². The first kappa shape index (κ1) is 19.7. The lowest BCUT2D eigenvalue weighted by atomic mass is 10.2. The van der Waals surface area contributed by atoms with Gasteiger partial charge in [-0.3, -0.25) is 4.79 Å². The van der Waals surface area contributed by atoms with Crippen LogP contribution in [0.1, 0.15) is 53.4 Å². The maximum Gasteiger partial charge on any atom is 0.407 e. The molecular weight excluding hydrogens is 274 g/mol. The first-order valence-corrected chi connectivity index (χ1v) is 7.55. The molecule has 21 heavy (non-hydrogen) atoms. The number of unbranched alkanes of at least 4 members (excludes halogenated alkanes) is 2. The Hall–Kier alpha value is -1.30. The molecule has 0 aromatic carbocycles. The molecule has 0 aliphatic heterocycles. The fraction of sp³-hybridized carbons (Fsp3) is 0.867. The van der Waals surface area contributed by atoms with E-state index in [-0.39, 0.29) is 12.6 Å². The monoisotopic (exact) mass is 303 g/mol. The molecule has 0 spiro atoms. The van der Waals surface area contributed by atoms with Gasteiger partial charge in [0.05, 0.1) is 13.2 Å². The Labute approximate surface area is 127 Å². The van der Waals surface area contributed by atoms with Gasteiger partial charge in [-0.25, -0.2) is 4.79 Å². The van der Waals surface area contributed by atoms with Crippen LogP contribution < -0.4 is 5.32 Å². The molecule has 1 N–H and O–H groups in total. The zero-order valence-electron chi connectivity index (χ0n) is 13.7. The molecular formula is C15H29NO5. The molecule has 0 bridgehead atoms. The van der Waals surface area contributed by atoms with Crippen LogP contribution in [-0.2, 0) is 19.0 Å².